The molecule has 1 aromatic carbocycles. The molecule has 0 bridgehead atoms. The van der Waals surface area contributed by atoms with Crippen LogP contribution in [0.2, 0.25) is 37.8 Å². The number of ether oxygens (including phenoxy) is 3. The Morgan fingerprint density at radius 1 is 0.896 bits per heavy atom. The van der Waals surface area contributed by atoms with Gasteiger partial charge in [0.2, 0.25) is 5.78 Å². The molecule has 0 aliphatic carbocycles. The Hall–Kier alpha value is -2.57. The van der Waals surface area contributed by atoms with E-state index < -0.39 is 40.3 Å². The van der Waals surface area contributed by atoms with Gasteiger partial charge in [-0.15, -0.1) is 11.5 Å². The van der Waals surface area contributed by atoms with Gasteiger partial charge in [0.05, 0.1) is 19.8 Å². The molecule has 0 heterocycles. The molecule has 0 saturated heterocycles. The number of nitrogens with one attached hydrogen (secondary N) is 1. The van der Waals surface area contributed by atoms with E-state index in [0.717, 1.165) is 17.7 Å². The topological polar surface area (TPSA) is 83.1 Å². The second kappa shape index (κ2) is 19.0. The summed E-state index contributed by atoms with van der Waals surface area (Å²) in [6.07, 6.45) is 0.314. The summed E-state index contributed by atoms with van der Waals surface area (Å²) in [6, 6.07) is 7.66. The average Bonchev–Trinajstić information content (AvgIpc) is 2.93. The second-order valence-corrected chi connectivity index (χ2v) is 26.4. The molecule has 0 aliphatic heterocycles. The molecule has 1 aromatic rings. The Labute approximate surface area is 295 Å². The van der Waals surface area contributed by atoms with Crippen LogP contribution in [0.15, 0.2) is 24.3 Å². The highest BCUT2D eigenvalue weighted by molar-refractivity contribution is 6.83. The van der Waals surface area contributed by atoms with E-state index in [1.54, 1.807) is 7.11 Å². The van der Waals surface area contributed by atoms with Crippen molar-refractivity contribution in [3.05, 3.63) is 29.8 Å². The Bertz CT molecular complexity index is 1280. The predicted molar refractivity (Wildman–Crippen MR) is 203 cm³/mol. The lowest BCUT2D eigenvalue weighted by molar-refractivity contribution is -0.133. The highest BCUT2D eigenvalue weighted by Crippen LogP contribution is 2.39. The van der Waals surface area contributed by atoms with Gasteiger partial charge in [-0.05, 0) is 87.2 Å². The first-order valence-electron chi connectivity index (χ1n) is 17.4. The molecule has 0 fully saturated rings. The third-order valence-corrected chi connectivity index (χ3v) is 13.6. The summed E-state index contributed by atoms with van der Waals surface area (Å²) in [5.41, 5.74) is 3.86. The first-order chi connectivity index (χ1) is 21.9. The molecule has 0 aliphatic rings. The van der Waals surface area contributed by atoms with E-state index in [0.29, 0.717) is 19.4 Å². The molecular formula is C39H65NO6Si2. The normalized spacial score (nSPS) is 15.4. The van der Waals surface area contributed by atoms with Crippen molar-refractivity contribution in [3.63, 3.8) is 0 Å². The van der Waals surface area contributed by atoms with Gasteiger partial charge in [-0.25, -0.2) is 4.79 Å². The number of rotatable bonds is 15. The van der Waals surface area contributed by atoms with Crippen molar-refractivity contribution < 1.29 is 28.2 Å². The van der Waals surface area contributed by atoms with E-state index in [4.69, 9.17) is 18.6 Å². The van der Waals surface area contributed by atoms with E-state index in [9.17, 15) is 9.59 Å². The molecule has 1 N–H and O–H groups in total. The number of Topliss-reactive ketones (excluding diaryl/α,β-unsaturated/α-hetero) is 1. The molecule has 0 spiro atoms. The maximum atomic E-state index is 14.0. The Balaban J connectivity index is 3.32. The number of hydrogen-bond acceptors (Lipinski definition) is 6. The largest absolute Gasteiger partial charge is 0.497 e. The number of benzene rings is 1. The second-order valence-electron chi connectivity index (χ2n) is 16.9. The number of amides is 1. The minimum Gasteiger partial charge on any atom is -0.497 e. The van der Waals surface area contributed by atoms with Gasteiger partial charge in [0, 0.05) is 18.9 Å². The molecule has 9 heteroatoms. The fraction of sp³-hybridized carbons (Fsp3) is 0.692. The maximum Gasteiger partial charge on any atom is 0.407 e. The molecule has 5 atom stereocenters. The van der Waals surface area contributed by atoms with Gasteiger partial charge in [-0.3, -0.25) is 4.79 Å². The van der Waals surface area contributed by atoms with E-state index in [1.165, 1.54) is 0 Å². The number of carbonyl (C=O) groups excluding carboxylic acids is 2. The van der Waals surface area contributed by atoms with E-state index in [-0.39, 0.29) is 35.2 Å². The fourth-order valence-corrected chi connectivity index (χ4v) is 6.56. The third kappa shape index (κ3) is 17.7. The van der Waals surface area contributed by atoms with Crippen LogP contribution in [0.1, 0.15) is 87.1 Å². The van der Waals surface area contributed by atoms with Crippen LogP contribution in [0.5, 0.6) is 5.75 Å². The first-order valence-corrected chi connectivity index (χ1v) is 23.8. The molecule has 7 nitrogen and oxygen atoms in total. The quantitative estimate of drug-likeness (QED) is 0.112. The zero-order chi connectivity index (χ0) is 36.9. The predicted octanol–water partition coefficient (Wildman–Crippen LogP) is 9.03. The zero-order valence-corrected chi connectivity index (χ0v) is 34.7. The van der Waals surface area contributed by atoms with Crippen molar-refractivity contribution in [1.82, 2.24) is 5.32 Å². The first kappa shape index (κ1) is 43.5. The molecule has 0 aromatic heterocycles. The summed E-state index contributed by atoms with van der Waals surface area (Å²) < 4.78 is 24.1. The molecule has 1 amide bonds. The summed E-state index contributed by atoms with van der Waals surface area (Å²) in [5, 5.41) is 2.78. The van der Waals surface area contributed by atoms with Crippen LogP contribution in [0, 0.1) is 41.1 Å². The molecular weight excluding hydrogens is 635 g/mol. The van der Waals surface area contributed by atoms with Crippen molar-refractivity contribution in [2.24, 2.45) is 17.8 Å². The van der Waals surface area contributed by atoms with Crippen LogP contribution in [0.4, 0.5) is 4.79 Å². The zero-order valence-electron chi connectivity index (χ0n) is 32.7. The van der Waals surface area contributed by atoms with E-state index >= 15 is 0 Å². The number of alkyl carbamates (subject to hydrolysis) is 1. The Kier molecular flexibility index (Phi) is 17.2. The van der Waals surface area contributed by atoms with Crippen molar-refractivity contribution in [3.8, 4) is 29.1 Å². The van der Waals surface area contributed by atoms with Gasteiger partial charge >= 0.3 is 6.09 Å². The van der Waals surface area contributed by atoms with Gasteiger partial charge in [-0.2, -0.15) is 0 Å². The van der Waals surface area contributed by atoms with Gasteiger partial charge in [0.1, 0.15) is 19.4 Å². The molecule has 0 saturated carbocycles. The number of ketones is 1. The van der Waals surface area contributed by atoms with Crippen molar-refractivity contribution in [1.29, 1.82) is 0 Å². The lowest BCUT2D eigenvalue weighted by Crippen LogP contribution is -2.50. The van der Waals surface area contributed by atoms with Crippen molar-refractivity contribution in [2.45, 2.75) is 144 Å². The summed E-state index contributed by atoms with van der Waals surface area (Å²) in [7, 11) is -2.16. The summed E-state index contributed by atoms with van der Waals surface area (Å²) in [4.78, 5) is 26.1. The molecule has 1 rings (SSSR count). The van der Waals surface area contributed by atoms with Gasteiger partial charge in [0.25, 0.3) is 0 Å². The minimum absolute atomic E-state index is 0.0562. The summed E-state index contributed by atoms with van der Waals surface area (Å²) >= 11 is 0. The lowest BCUT2D eigenvalue weighted by atomic mass is 9.94. The van der Waals surface area contributed by atoms with Crippen LogP contribution in [-0.2, 0) is 25.3 Å². The van der Waals surface area contributed by atoms with Gasteiger partial charge in [-0.1, -0.05) is 79.2 Å². The summed E-state index contributed by atoms with van der Waals surface area (Å²) in [5.74, 6) is 10.3. The van der Waals surface area contributed by atoms with E-state index in [2.05, 4.69) is 89.1 Å². The van der Waals surface area contributed by atoms with Crippen LogP contribution >= 0.6 is 0 Å². The van der Waals surface area contributed by atoms with Crippen LogP contribution in [-0.4, -0.2) is 59.7 Å². The SMILES string of the molecule is COc1ccc(CO[C@@H](C(=O)C#C[C@@H](C)C[C@@H](C)CNC(=O)OC(C)(C)C)[C@@H](C[C@H](C)CC#C[Si](C)(C)C)O[Si](C)(C)C(C)(C)C)cc1. The molecule has 48 heavy (non-hydrogen) atoms. The average molecular weight is 700 g/mol. The fourth-order valence-electron chi connectivity index (χ4n) is 4.60. The summed E-state index contributed by atoms with van der Waals surface area (Å²) in [6.45, 7) is 30.2. The van der Waals surface area contributed by atoms with Gasteiger partial charge in [0.15, 0.2) is 14.4 Å². The smallest absolute Gasteiger partial charge is 0.407 e. The number of methoxy groups -OCH3 is 1. The maximum absolute atomic E-state index is 14.0. The molecule has 0 radical (unpaired) electrons. The van der Waals surface area contributed by atoms with Crippen LogP contribution in [0.25, 0.3) is 0 Å². The highest BCUT2D eigenvalue weighted by atomic mass is 28.4. The Morgan fingerprint density at radius 3 is 2.02 bits per heavy atom. The number of hydrogen-bond donors (Lipinski definition) is 1. The van der Waals surface area contributed by atoms with Crippen molar-refractivity contribution >= 4 is 28.3 Å². The molecule has 0 unspecified atom stereocenters. The van der Waals surface area contributed by atoms with Crippen LogP contribution < -0.4 is 10.1 Å². The standard InChI is InChI=1S/C39H65NO6Si2/c1-29(17-16-24-47(11,12)13)26-35(46-48(14,15)39(7,8)9)36(44-28-32-19-21-33(43-10)22-20-32)34(41)23-18-30(2)25-31(3)27-40-37(42)45-38(4,5)6/h19-22,29-31,35-36H,17,25-28H2,1-15H3,(H,40,42)/t29-,30-,31-,35-,36+/m1/s1. The lowest BCUT2D eigenvalue weighted by Gasteiger charge is -2.41. The van der Waals surface area contributed by atoms with Crippen LogP contribution in [0.3, 0.4) is 0 Å². The minimum atomic E-state index is -2.30. The molecule has 270 valence electrons. The highest BCUT2D eigenvalue weighted by Gasteiger charge is 2.42. The monoisotopic (exact) mass is 699 g/mol. The van der Waals surface area contributed by atoms with Crippen molar-refractivity contribution in [2.75, 3.05) is 13.7 Å². The van der Waals surface area contributed by atoms with Gasteiger partial charge < -0.3 is 24.0 Å². The number of carbonyl (C=O) groups is 2. The van der Waals surface area contributed by atoms with E-state index in [1.807, 2.05) is 58.9 Å². The Morgan fingerprint density at radius 2 is 1.50 bits per heavy atom. The third-order valence-electron chi connectivity index (χ3n) is 8.18.